The first-order valence-corrected chi connectivity index (χ1v) is 4.29. The average Bonchev–Trinajstić information content (AvgIpc) is 2.03. The third kappa shape index (κ3) is 2.58. The molecule has 0 aliphatic carbocycles. The zero-order valence-corrected chi connectivity index (χ0v) is 8.26. The van der Waals surface area contributed by atoms with Gasteiger partial charge in [-0.3, -0.25) is 4.79 Å². The third-order valence-electron chi connectivity index (χ3n) is 2.06. The summed E-state index contributed by atoms with van der Waals surface area (Å²) in [6.07, 6.45) is 0. The normalized spacial score (nSPS) is 9.77. The van der Waals surface area contributed by atoms with Crippen LogP contribution in [0.3, 0.4) is 0 Å². The average molecular weight is 178 g/mol. The Kier molecular flexibility index (Phi) is 3.07. The van der Waals surface area contributed by atoms with Crippen LogP contribution < -0.4 is 0 Å². The van der Waals surface area contributed by atoms with Gasteiger partial charge in [0.05, 0.1) is 0 Å². The summed E-state index contributed by atoms with van der Waals surface area (Å²) in [5, 5.41) is 0. The number of esters is 1. The summed E-state index contributed by atoms with van der Waals surface area (Å²) in [6, 6.07) is 6.04. The molecule has 0 spiro atoms. The maximum Gasteiger partial charge on any atom is 0.302 e. The first-order chi connectivity index (χ1) is 6.11. The molecule has 0 aliphatic rings. The van der Waals surface area contributed by atoms with E-state index in [1.165, 1.54) is 18.1 Å². The minimum Gasteiger partial charge on any atom is -0.461 e. The summed E-state index contributed by atoms with van der Waals surface area (Å²) in [5.74, 6) is -0.234. The molecule has 13 heavy (non-hydrogen) atoms. The molecule has 0 saturated carbocycles. The Morgan fingerprint density at radius 2 is 1.85 bits per heavy atom. The van der Waals surface area contributed by atoms with Gasteiger partial charge in [-0.1, -0.05) is 18.2 Å². The van der Waals surface area contributed by atoms with E-state index in [9.17, 15) is 4.79 Å². The van der Waals surface area contributed by atoms with Crippen molar-refractivity contribution in [2.75, 3.05) is 0 Å². The molecule has 0 saturated heterocycles. The van der Waals surface area contributed by atoms with Crippen LogP contribution in [-0.2, 0) is 16.1 Å². The molecule has 0 unspecified atom stereocenters. The maximum absolute atomic E-state index is 10.6. The smallest absolute Gasteiger partial charge is 0.302 e. The number of aryl methyl sites for hydroxylation is 2. The van der Waals surface area contributed by atoms with Crippen molar-refractivity contribution in [3.8, 4) is 0 Å². The van der Waals surface area contributed by atoms with E-state index in [0.717, 1.165) is 5.56 Å². The van der Waals surface area contributed by atoms with Crippen LogP contribution in [0.2, 0.25) is 0 Å². The van der Waals surface area contributed by atoms with E-state index >= 15 is 0 Å². The lowest BCUT2D eigenvalue weighted by molar-refractivity contribution is -0.142. The second kappa shape index (κ2) is 4.08. The fourth-order valence-corrected chi connectivity index (χ4v) is 1.25. The van der Waals surface area contributed by atoms with Gasteiger partial charge in [-0.25, -0.2) is 0 Å². The van der Waals surface area contributed by atoms with Crippen molar-refractivity contribution in [3.63, 3.8) is 0 Å². The molecule has 0 atom stereocenters. The Labute approximate surface area is 78.5 Å². The monoisotopic (exact) mass is 178 g/mol. The molecule has 0 radical (unpaired) electrons. The number of rotatable bonds is 2. The highest BCUT2D eigenvalue weighted by molar-refractivity contribution is 5.66. The molecule has 2 nitrogen and oxygen atoms in total. The molecule has 2 heteroatoms. The summed E-state index contributed by atoms with van der Waals surface area (Å²) >= 11 is 0. The maximum atomic E-state index is 10.6. The first-order valence-electron chi connectivity index (χ1n) is 4.29. The highest BCUT2D eigenvalue weighted by Gasteiger charge is 2.02. The van der Waals surface area contributed by atoms with Crippen LogP contribution >= 0.6 is 0 Å². The van der Waals surface area contributed by atoms with Gasteiger partial charge >= 0.3 is 5.97 Å². The molecule has 70 valence electrons. The summed E-state index contributed by atoms with van der Waals surface area (Å²) in [5.41, 5.74) is 3.44. The van der Waals surface area contributed by atoms with Crippen LogP contribution in [0.1, 0.15) is 23.6 Å². The SMILES string of the molecule is CC(=O)OCc1c(C)cccc1C. The molecular formula is C11H14O2. The van der Waals surface area contributed by atoms with Gasteiger partial charge in [-0.2, -0.15) is 0 Å². The van der Waals surface area contributed by atoms with Gasteiger partial charge in [0.1, 0.15) is 6.61 Å². The Hall–Kier alpha value is -1.31. The van der Waals surface area contributed by atoms with Gasteiger partial charge in [-0.05, 0) is 30.5 Å². The molecule has 0 aromatic heterocycles. The fraction of sp³-hybridized carbons (Fsp3) is 0.364. The molecule has 1 rings (SSSR count). The lowest BCUT2D eigenvalue weighted by Crippen LogP contribution is -2.02. The zero-order chi connectivity index (χ0) is 9.84. The zero-order valence-electron chi connectivity index (χ0n) is 8.26. The number of ether oxygens (including phenoxy) is 1. The molecule has 0 fully saturated rings. The number of hydrogen-bond acceptors (Lipinski definition) is 2. The molecule has 1 aromatic carbocycles. The molecule has 0 bridgehead atoms. The predicted molar refractivity (Wildman–Crippen MR) is 51.4 cm³/mol. The van der Waals surface area contributed by atoms with E-state index in [2.05, 4.69) is 0 Å². The van der Waals surface area contributed by atoms with Gasteiger partial charge < -0.3 is 4.74 Å². The van der Waals surface area contributed by atoms with Gasteiger partial charge in [0.25, 0.3) is 0 Å². The highest BCUT2D eigenvalue weighted by Crippen LogP contribution is 2.14. The van der Waals surface area contributed by atoms with Crippen LogP contribution in [0.5, 0.6) is 0 Å². The van der Waals surface area contributed by atoms with Crippen molar-refractivity contribution < 1.29 is 9.53 Å². The summed E-state index contributed by atoms with van der Waals surface area (Å²) < 4.78 is 4.95. The van der Waals surface area contributed by atoms with Crippen LogP contribution in [0.15, 0.2) is 18.2 Å². The van der Waals surface area contributed by atoms with E-state index in [4.69, 9.17) is 4.74 Å². The number of hydrogen-bond donors (Lipinski definition) is 0. The van der Waals surface area contributed by atoms with Gasteiger partial charge in [0.15, 0.2) is 0 Å². The van der Waals surface area contributed by atoms with Crippen molar-refractivity contribution in [3.05, 3.63) is 34.9 Å². The Morgan fingerprint density at radius 3 is 2.31 bits per heavy atom. The van der Waals surface area contributed by atoms with Crippen molar-refractivity contribution in [1.29, 1.82) is 0 Å². The number of carbonyl (C=O) groups is 1. The van der Waals surface area contributed by atoms with Crippen molar-refractivity contribution >= 4 is 5.97 Å². The standard InChI is InChI=1S/C11H14O2/c1-8-5-4-6-9(2)11(8)7-13-10(3)12/h4-6H,7H2,1-3H3. The molecule has 0 heterocycles. The van der Waals surface area contributed by atoms with Gasteiger partial charge in [-0.15, -0.1) is 0 Å². The fourth-order valence-electron chi connectivity index (χ4n) is 1.25. The lowest BCUT2D eigenvalue weighted by atomic mass is 10.0. The minimum absolute atomic E-state index is 0.234. The molecule has 0 aliphatic heterocycles. The number of carbonyl (C=O) groups excluding carboxylic acids is 1. The van der Waals surface area contributed by atoms with E-state index in [1.807, 2.05) is 32.0 Å². The van der Waals surface area contributed by atoms with Crippen molar-refractivity contribution in [1.82, 2.24) is 0 Å². The van der Waals surface area contributed by atoms with Crippen molar-refractivity contribution in [2.45, 2.75) is 27.4 Å². The van der Waals surface area contributed by atoms with Crippen LogP contribution in [0.4, 0.5) is 0 Å². The van der Waals surface area contributed by atoms with Crippen LogP contribution in [-0.4, -0.2) is 5.97 Å². The first kappa shape index (κ1) is 9.78. The molecular weight excluding hydrogens is 164 g/mol. The Morgan fingerprint density at radius 1 is 1.31 bits per heavy atom. The van der Waals surface area contributed by atoms with E-state index in [1.54, 1.807) is 0 Å². The van der Waals surface area contributed by atoms with E-state index in [-0.39, 0.29) is 5.97 Å². The molecule has 0 N–H and O–H groups in total. The largest absolute Gasteiger partial charge is 0.461 e. The Bertz CT molecular complexity index is 296. The topological polar surface area (TPSA) is 26.3 Å². The van der Waals surface area contributed by atoms with Gasteiger partial charge in [0.2, 0.25) is 0 Å². The van der Waals surface area contributed by atoms with Crippen LogP contribution in [0.25, 0.3) is 0 Å². The quantitative estimate of drug-likeness (QED) is 0.650. The highest BCUT2D eigenvalue weighted by atomic mass is 16.5. The predicted octanol–water partition coefficient (Wildman–Crippen LogP) is 2.37. The summed E-state index contributed by atoms with van der Waals surface area (Å²) in [4.78, 5) is 10.6. The summed E-state index contributed by atoms with van der Waals surface area (Å²) in [6.45, 7) is 5.85. The number of benzene rings is 1. The molecule has 1 aromatic rings. The summed E-state index contributed by atoms with van der Waals surface area (Å²) in [7, 11) is 0. The van der Waals surface area contributed by atoms with Crippen molar-refractivity contribution in [2.24, 2.45) is 0 Å². The second-order valence-corrected chi connectivity index (χ2v) is 3.15. The van der Waals surface area contributed by atoms with Crippen LogP contribution in [0, 0.1) is 13.8 Å². The van der Waals surface area contributed by atoms with E-state index in [0.29, 0.717) is 6.61 Å². The van der Waals surface area contributed by atoms with Gasteiger partial charge in [0, 0.05) is 6.92 Å². The molecule has 0 amide bonds. The second-order valence-electron chi connectivity index (χ2n) is 3.15. The van der Waals surface area contributed by atoms with E-state index < -0.39 is 0 Å². The minimum atomic E-state index is -0.234. The third-order valence-corrected chi connectivity index (χ3v) is 2.06. The lowest BCUT2D eigenvalue weighted by Gasteiger charge is -2.08. The Balaban J connectivity index is 2.81.